The van der Waals surface area contributed by atoms with Crippen molar-refractivity contribution in [1.29, 1.82) is 0 Å². The number of thioether (sulfide) groups is 1. The highest BCUT2D eigenvalue weighted by atomic mass is 32.2. The minimum atomic E-state index is -1.03. The second-order valence-corrected chi connectivity index (χ2v) is 6.62. The number of hydrogen-bond acceptors (Lipinski definition) is 6. The van der Waals surface area contributed by atoms with Gasteiger partial charge in [0.1, 0.15) is 0 Å². The first-order valence-electron chi connectivity index (χ1n) is 8.11. The van der Waals surface area contributed by atoms with E-state index in [1.54, 1.807) is 18.5 Å². The lowest BCUT2D eigenvalue weighted by Gasteiger charge is -2.05. The van der Waals surface area contributed by atoms with E-state index in [1.807, 2.05) is 18.2 Å². The third-order valence-corrected chi connectivity index (χ3v) is 4.65. The van der Waals surface area contributed by atoms with Crippen molar-refractivity contribution in [2.24, 2.45) is 0 Å². The average Bonchev–Trinajstić information content (AvgIpc) is 3.12. The molecular weight excluding hydrogens is 386 g/mol. The van der Waals surface area contributed by atoms with Crippen molar-refractivity contribution < 1.29 is 13.6 Å². The molecule has 1 amide bonds. The van der Waals surface area contributed by atoms with E-state index in [9.17, 15) is 13.6 Å². The Morgan fingerprint density at radius 3 is 2.79 bits per heavy atom. The minimum absolute atomic E-state index is 0.00140. The van der Waals surface area contributed by atoms with Gasteiger partial charge in [-0.15, -0.1) is 10.2 Å². The van der Waals surface area contributed by atoms with E-state index in [0.29, 0.717) is 16.5 Å². The van der Waals surface area contributed by atoms with Crippen LogP contribution >= 0.6 is 11.8 Å². The van der Waals surface area contributed by atoms with Crippen LogP contribution in [0.2, 0.25) is 0 Å². The van der Waals surface area contributed by atoms with Crippen LogP contribution in [0.3, 0.4) is 0 Å². The summed E-state index contributed by atoms with van der Waals surface area (Å²) in [4.78, 5) is 16.2. The van der Waals surface area contributed by atoms with Crippen LogP contribution in [0.25, 0.3) is 16.9 Å². The van der Waals surface area contributed by atoms with Gasteiger partial charge in [0.2, 0.25) is 11.1 Å². The van der Waals surface area contributed by atoms with Crippen LogP contribution in [0.15, 0.2) is 60.0 Å². The van der Waals surface area contributed by atoms with E-state index in [2.05, 4.69) is 25.6 Å². The van der Waals surface area contributed by atoms with Gasteiger partial charge in [-0.3, -0.25) is 9.78 Å². The van der Waals surface area contributed by atoms with Gasteiger partial charge >= 0.3 is 0 Å². The van der Waals surface area contributed by atoms with E-state index in [-0.39, 0.29) is 11.4 Å². The molecule has 1 aromatic carbocycles. The quantitative estimate of drug-likeness (QED) is 0.520. The molecule has 0 saturated heterocycles. The smallest absolute Gasteiger partial charge is 0.234 e. The zero-order valence-corrected chi connectivity index (χ0v) is 15.0. The normalized spacial score (nSPS) is 10.9. The number of nitrogens with zero attached hydrogens (tertiary/aromatic N) is 5. The molecular formula is C18H12F2N6OS. The van der Waals surface area contributed by atoms with Gasteiger partial charge in [0, 0.05) is 29.7 Å². The van der Waals surface area contributed by atoms with Crippen molar-refractivity contribution in [3.8, 4) is 11.3 Å². The van der Waals surface area contributed by atoms with E-state index < -0.39 is 17.5 Å². The van der Waals surface area contributed by atoms with Crippen molar-refractivity contribution >= 4 is 29.0 Å². The largest absolute Gasteiger partial charge is 0.325 e. The van der Waals surface area contributed by atoms with Gasteiger partial charge in [0.15, 0.2) is 17.3 Å². The van der Waals surface area contributed by atoms with Crippen LogP contribution in [0.4, 0.5) is 14.5 Å². The van der Waals surface area contributed by atoms with Crippen LogP contribution < -0.4 is 5.32 Å². The van der Waals surface area contributed by atoms with Gasteiger partial charge in [0.25, 0.3) is 0 Å². The minimum Gasteiger partial charge on any atom is -0.325 e. The van der Waals surface area contributed by atoms with E-state index in [4.69, 9.17) is 0 Å². The van der Waals surface area contributed by atoms with Gasteiger partial charge in [-0.05, 0) is 36.4 Å². The molecule has 0 radical (unpaired) electrons. The standard InChI is InChI=1S/C18H12F2N6OS/c19-13-4-3-12(8-14(13)20)22-17(27)10-28-18-24-23-16-6-5-15(25-26(16)18)11-2-1-7-21-9-11/h1-9H,10H2,(H,22,27). The van der Waals surface area contributed by atoms with Crippen molar-refractivity contribution in [3.05, 3.63) is 66.5 Å². The molecule has 0 spiro atoms. The lowest BCUT2D eigenvalue weighted by Crippen LogP contribution is -2.14. The Labute approximate surface area is 161 Å². The van der Waals surface area contributed by atoms with Crippen molar-refractivity contribution in [1.82, 2.24) is 24.8 Å². The first kappa shape index (κ1) is 18.0. The first-order valence-corrected chi connectivity index (χ1v) is 9.09. The average molecular weight is 398 g/mol. The fourth-order valence-electron chi connectivity index (χ4n) is 2.43. The second-order valence-electron chi connectivity index (χ2n) is 5.68. The van der Waals surface area contributed by atoms with E-state index in [0.717, 1.165) is 29.5 Å². The molecule has 0 atom stereocenters. The Bertz CT molecular complexity index is 1150. The molecule has 140 valence electrons. The topological polar surface area (TPSA) is 85.1 Å². The van der Waals surface area contributed by atoms with E-state index in [1.165, 1.54) is 10.6 Å². The summed E-state index contributed by atoms with van der Waals surface area (Å²) >= 11 is 1.13. The summed E-state index contributed by atoms with van der Waals surface area (Å²) in [5, 5.41) is 15.5. The molecule has 7 nitrogen and oxygen atoms in total. The zero-order chi connectivity index (χ0) is 19.5. The number of carbonyl (C=O) groups is 1. The number of halogens is 2. The summed E-state index contributed by atoms with van der Waals surface area (Å²) < 4.78 is 27.7. The lowest BCUT2D eigenvalue weighted by atomic mass is 10.2. The maximum atomic E-state index is 13.2. The molecule has 0 saturated carbocycles. The van der Waals surface area contributed by atoms with Gasteiger partial charge in [-0.2, -0.15) is 9.61 Å². The molecule has 3 aromatic heterocycles. The van der Waals surface area contributed by atoms with E-state index >= 15 is 0 Å². The maximum Gasteiger partial charge on any atom is 0.234 e. The Morgan fingerprint density at radius 1 is 1.11 bits per heavy atom. The molecule has 0 aliphatic rings. The molecule has 0 aliphatic heterocycles. The van der Waals surface area contributed by atoms with Crippen LogP contribution in [0, 0.1) is 11.6 Å². The number of pyridine rings is 1. The summed E-state index contributed by atoms with van der Waals surface area (Å²) in [5.41, 5.74) is 2.24. The number of fused-ring (bicyclic) bond motifs is 1. The summed E-state index contributed by atoms with van der Waals surface area (Å²) in [6.45, 7) is 0. The van der Waals surface area contributed by atoms with Gasteiger partial charge < -0.3 is 5.32 Å². The molecule has 28 heavy (non-hydrogen) atoms. The number of amides is 1. The summed E-state index contributed by atoms with van der Waals surface area (Å²) in [5.74, 6) is -2.39. The maximum absolute atomic E-state index is 13.2. The Hall–Kier alpha value is -3.40. The van der Waals surface area contributed by atoms with Gasteiger partial charge in [-0.25, -0.2) is 8.78 Å². The SMILES string of the molecule is O=C(CSc1nnc2ccc(-c3cccnc3)nn12)Nc1ccc(F)c(F)c1. The Morgan fingerprint density at radius 2 is 2.00 bits per heavy atom. The van der Waals surface area contributed by atoms with Crippen LogP contribution in [-0.4, -0.2) is 36.5 Å². The number of nitrogens with one attached hydrogen (secondary N) is 1. The molecule has 10 heteroatoms. The molecule has 4 aromatic rings. The predicted molar refractivity (Wildman–Crippen MR) is 99.7 cm³/mol. The van der Waals surface area contributed by atoms with Gasteiger partial charge in [-0.1, -0.05) is 11.8 Å². The van der Waals surface area contributed by atoms with Crippen molar-refractivity contribution in [2.75, 3.05) is 11.1 Å². The van der Waals surface area contributed by atoms with Crippen molar-refractivity contribution in [3.63, 3.8) is 0 Å². The number of carbonyl (C=O) groups excluding carboxylic acids is 1. The number of hydrogen-bond donors (Lipinski definition) is 1. The predicted octanol–water partition coefficient (Wildman–Crippen LogP) is 3.20. The molecule has 0 fully saturated rings. The number of anilines is 1. The van der Waals surface area contributed by atoms with Crippen molar-refractivity contribution in [2.45, 2.75) is 5.16 Å². The Kier molecular flexibility index (Phi) is 4.94. The molecule has 0 bridgehead atoms. The highest BCUT2D eigenvalue weighted by Crippen LogP contribution is 2.20. The second kappa shape index (κ2) is 7.69. The molecule has 3 heterocycles. The molecule has 0 unspecified atom stereocenters. The van der Waals surface area contributed by atoms with Crippen LogP contribution in [-0.2, 0) is 4.79 Å². The third kappa shape index (κ3) is 3.81. The molecule has 4 rings (SSSR count). The highest BCUT2D eigenvalue weighted by molar-refractivity contribution is 7.99. The summed E-state index contributed by atoms with van der Waals surface area (Å²) in [7, 11) is 0. The van der Waals surface area contributed by atoms with Crippen LogP contribution in [0.1, 0.15) is 0 Å². The number of benzene rings is 1. The molecule has 0 aliphatic carbocycles. The van der Waals surface area contributed by atoms with Crippen LogP contribution in [0.5, 0.6) is 0 Å². The number of rotatable bonds is 5. The molecule has 1 N–H and O–H groups in total. The zero-order valence-electron chi connectivity index (χ0n) is 14.2. The lowest BCUT2D eigenvalue weighted by molar-refractivity contribution is -0.113. The third-order valence-electron chi connectivity index (χ3n) is 3.73. The fourth-order valence-corrected chi connectivity index (χ4v) is 3.12. The highest BCUT2D eigenvalue weighted by Gasteiger charge is 2.12. The fraction of sp³-hybridized carbons (Fsp3) is 0.0556. The summed E-state index contributed by atoms with van der Waals surface area (Å²) in [6, 6.07) is 10.4. The Balaban J connectivity index is 1.48. The first-order chi connectivity index (χ1) is 13.6. The number of aromatic nitrogens is 5. The van der Waals surface area contributed by atoms with Gasteiger partial charge in [0.05, 0.1) is 11.4 Å². The monoisotopic (exact) mass is 398 g/mol. The summed E-state index contributed by atoms with van der Waals surface area (Å²) in [6.07, 6.45) is 3.37.